The van der Waals surface area contributed by atoms with E-state index in [9.17, 15) is 54.3 Å². The van der Waals surface area contributed by atoms with Crippen molar-refractivity contribution in [3.05, 3.63) is 300 Å². The summed E-state index contributed by atoms with van der Waals surface area (Å²) < 4.78 is 137. The zero-order valence-corrected chi connectivity index (χ0v) is 80.2. The van der Waals surface area contributed by atoms with Crippen LogP contribution in [0, 0.1) is 23.3 Å². The van der Waals surface area contributed by atoms with E-state index in [0.717, 1.165) is 96.3 Å². The molecule has 12 aromatic rings. The Labute approximate surface area is 791 Å². The Kier molecular flexibility index (Phi) is 30.1. The van der Waals surface area contributed by atoms with Crippen molar-refractivity contribution in [3.8, 4) is 0 Å². The minimum atomic E-state index is -2.95. The number of aromatic amines is 3. The lowest BCUT2D eigenvalue weighted by molar-refractivity contribution is -0.113. The number of nitrogens with zero attached hydrogens (tertiary/aromatic N) is 4. The van der Waals surface area contributed by atoms with E-state index in [1.165, 1.54) is 114 Å². The first-order chi connectivity index (χ1) is 61.4. The Morgan fingerprint density at radius 1 is 0.366 bits per heavy atom. The van der Waals surface area contributed by atoms with Gasteiger partial charge in [-0.05, 0) is 295 Å². The lowest BCUT2D eigenvalue weighted by atomic mass is 9.87. The first-order valence-electron chi connectivity index (χ1n) is 43.0. The Morgan fingerprint density at radius 2 is 0.641 bits per heavy atom. The maximum atomic E-state index is 15.6. The minimum absolute atomic E-state index is 0.0378. The molecule has 0 spiro atoms. The van der Waals surface area contributed by atoms with Crippen molar-refractivity contribution in [1.29, 1.82) is 0 Å². The number of halogens is 16. The normalized spacial score (nSPS) is 19.4. The third-order valence-electron chi connectivity index (χ3n) is 23.8. The molecular formula is C103H101Cl7F9N7O5. The number of H-pyrrole nitrogens is 3. The second-order valence-electron chi connectivity index (χ2n) is 36.7. The number of fused-ring (bicyclic) bond motifs is 12. The van der Waals surface area contributed by atoms with Crippen molar-refractivity contribution in [1.82, 2.24) is 34.6 Å². The number of ketones is 4. The fourth-order valence-corrected chi connectivity index (χ4v) is 20.9. The molecule has 8 atom stereocenters. The average molecular weight is 1940 g/mol. The second-order valence-corrected chi connectivity index (χ2v) is 39.5. The summed E-state index contributed by atoms with van der Waals surface area (Å²) in [5.74, 6) is -4.22. The number of allylic oxidation sites excluding steroid dienone is 4. The lowest BCUT2D eigenvalue weighted by Crippen LogP contribution is -2.48. The standard InChI is InChI=1S/C26H26Cl2F2N2O.C26H26Cl2FNO2.C26H26ClF3N2O.C25H23Cl2F3N2O/c1-14-9-19-18-12-17(29)7-8-22(18)31-24(19)25(32(14)13-26(3,4)30)23-20(27)10-16(11-21(23)28)6-5-15(2)33;1-15-11-19-18-7-5-6-8-22(18)32-25(19)24(30(15)14-26(3,4)29)23-20(27)12-17(13-21(23)28)10-9-16(2)31;1-14-9-19-18-12-17(28)7-8-22(18)31-24(19)25(32(14)13-26(3,4)30)23-20(27)10-16(11-21(23)29)6-5-15(2)33;1-13-8-18-17-11-16(28)6-7-21(17)31-23(18)24(32(13)12-25(3,29)30)22-19(26)9-15(10-20(22)27)5-4-14(2)33/h5-8,10-12,14,25,31H,9,13H2,1-4H3;5-10,12-13,15,24H,11,14H2,1-4H3;5-8,10-12,14,25,31H,9,13H2,1-4H3;4-7,9-11,13,24,31H,8,12H2,1-3H3/b6-5+;10-9+;6-5+;5-4+. The Morgan fingerprint density at radius 3 is 0.947 bits per heavy atom. The van der Waals surface area contributed by atoms with Gasteiger partial charge >= 0.3 is 0 Å². The van der Waals surface area contributed by atoms with Crippen LogP contribution in [0.5, 0.6) is 0 Å². The predicted molar refractivity (Wildman–Crippen MR) is 514 cm³/mol. The Bertz CT molecular complexity index is 5990. The highest BCUT2D eigenvalue weighted by Gasteiger charge is 2.47. The van der Waals surface area contributed by atoms with Crippen molar-refractivity contribution >= 4 is 172 Å². The number of benzene rings is 8. The highest BCUT2D eigenvalue weighted by Crippen LogP contribution is 2.53. The van der Waals surface area contributed by atoms with E-state index >= 15 is 4.39 Å². The molecule has 8 unspecified atom stereocenters. The molecule has 4 aromatic heterocycles. The van der Waals surface area contributed by atoms with Gasteiger partial charge in [-0.1, -0.05) is 124 Å². The second kappa shape index (κ2) is 39.8. The molecule has 0 amide bonds. The lowest BCUT2D eigenvalue weighted by Gasteiger charge is -2.43. The molecule has 3 N–H and O–H groups in total. The molecule has 0 radical (unpaired) electrons. The largest absolute Gasteiger partial charge is 0.459 e. The monoisotopic (exact) mass is 1930 g/mol. The molecule has 8 aromatic carbocycles. The molecule has 0 saturated heterocycles. The molecule has 4 aliphatic heterocycles. The summed E-state index contributed by atoms with van der Waals surface area (Å²) >= 11 is 47.0. The molecule has 690 valence electrons. The van der Waals surface area contributed by atoms with Gasteiger partial charge in [-0.25, -0.2) is 39.5 Å². The molecular weight excluding hydrogens is 1830 g/mol. The summed E-state index contributed by atoms with van der Waals surface area (Å²) in [4.78, 5) is 63.0. The van der Waals surface area contributed by atoms with Crippen LogP contribution < -0.4 is 0 Å². The molecule has 28 heteroatoms. The zero-order chi connectivity index (χ0) is 95.4. The highest BCUT2D eigenvalue weighted by atomic mass is 35.5. The van der Waals surface area contributed by atoms with Crippen molar-refractivity contribution in [2.75, 3.05) is 26.2 Å². The fraction of sp³-hybridized carbons (Fsp3) is 0.340. The molecule has 0 fully saturated rings. The van der Waals surface area contributed by atoms with Gasteiger partial charge in [0.2, 0.25) is 0 Å². The molecule has 0 bridgehead atoms. The average Bonchev–Trinajstić information content (AvgIpc) is 1.63. The van der Waals surface area contributed by atoms with E-state index in [1.807, 2.05) is 43.9 Å². The number of furan rings is 1. The highest BCUT2D eigenvalue weighted by molar-refractivity contribution is 6.38. The van der Waals surface area contributed by atoms with E-state index in [2.05, 4.69) is 37.7 Å². The quantitative estimate of drug-likeness (QED) is 0.0502. The zero-order valence-electron chi connectivity index (χ0n) is 74.9. The first kappa shape index (κ1) is 99.3. The molecule has 131 heavy (non-hydrogen) atoms. The number of carbonyl (C=O) groups is 4. The summed E-state index contributed by atoms with van der Waals surface area (Å²) in [6.07, 6.45) is 14.5. The van der Waals surface area contributed by atoms with Gasteiger partial charge in [-0.2, -0.15) is 0 Å². The summed E-state index contributed by atoms with van der Waals surface area (Å²) in [6, 6.07) is 32.2. The van der Waals surface area contributed by atoms with Crippen LogP contribution in [-0.4, -0.2) is 131 Å². The van der Waals surface area contributed by atoms with Gasteiger partial charge in [-0.3, -0.25) is 38.8 Å². The van der Waals surface area contributed by atoms with E-state index < -0.39 is 59.5 Å². The first-order valence-corrected chi connectivity index (χ1v) is 45.6. The molecule has 16 rings (SSSR count). The molecule has 8 heterocycles. The van der Waals surface area contributed by atoms with Gasteiger partial charge in [0.05, 0.1) is 30.7 Å². The van der Waals surface area contributed by atoms with Crippen molar-refractivity contribution < 1.29 is 63.1 Å². The van der Waals surface area contributed by atoms with Gasteiger partial charge in [0.15, 0.2) is 23.1 Å². The predicted octanol–water partition coefficient (Wildman–Crippen LogP) is 28.7. The molecule has 12 nitrogen and oxygen atoms in total. The van der Waals surface area contributed by atoms with Gasteiger partial charge in [0, 0.05) is 169 Å². The summed E-state index contributed by atoms with van der Waals surface area (Å²) in [5, 5.41) is 5.84. The topological polar surface area (TPSA) is 142 Å². The fourth-order valence-electron chi connectivity index (χ4n) is 18.5. The van der Waals surface area contributed by atoms with Gasteiger partial charge in [0.1, 0.15) is 51.6 Å². The maximum Gasteiger partial charge on any atom is 0.257 e. The number of hydrogen-bond donors (Lipinski definition) is 3. The Hall–Kier alpha value is -9.20. The minimum Gasteiger partial charge on any atom is -0.459 e. The number of alkyl halides is 5. The van der Waals surface area contributed by atoms with E-state index in [0.29, 0.717) is 94.2 Å². The number of hydrogen-bond acceptors (Lipinski definition) is 9. The number of rotatable bonds is 20. The van der Waals surface area contributed by atoms with Crippen LogP contribution in [0.15, 0.2) is 156 Å². The molecule has 0 aliphatic carbocycles. The number of nitrogens with one attached hydrogen (secondary N) is 3. The number of carbonyl (C=O) groups excluding carboxylic acids is 4. The van der Waals surface area contributed by atoms with Crippen molar-refractivity contribution in [2.24, 2.45) is 0 Å². The van der Waals surface area contributed by atoms with Crippen LogP contribution in [0.1, 0.15) is 218 Å². The third kappa shape index (κ3) is 22.9. The molecule has 0 saturated carbocycles. The van der Waals surface area contributed by atoms with E-state index in [-0.39, 0.29) is 95.0 Å². The SMILES string of the molecule is CC(=O)/C=C/c1cc(Cl)c(C2c3[nH]c4ccc(F)cc4c3CC(C)N2CC(C)(C)F)c(Cl)c1.CC(=O)/C=C/c1cc(Cl)c(C2c3[nH]c4ccc(F)cc4c3CC(C)N2CC(C)(F)F)c(Cl)c1.CC(=O)/C=C/c1cc(Cl)c(C2c3oc4ccccc4c3CC(C)N2CC(C)(C)F)c(Cl)c1.CC(=O)/C=C/c1cc(F)c(C2c3[nH]c4ccc(F)cc4c3CC(C)N2CC(C)(C)F)c(Cl)c1. The maximum absolute atomic E-state index is 15.6. The van der Waals surface area contributed by atoms with Crippen LogP contribution in [0.2, 0.25) is 35.2 Å². The third-order valence-corrected chi connectivity index (χ3v) is 26.0. The van der Waals surface area contributed by atoms with Crippen LogP contribution in [0.4, 0.5) is 39.5 Å². The van der Waals surface area contributed by atoms with Crippen molar-refractivity contribution in [2.45, 2.75) is 201 Å². The van der Waals surface area contributed by atoms with Crippen LogP contribution in [0.3, 0.4) is 0 Å². The van der Waals surface area contributed by atoms with Crippen LogP contribution in [-0.2, 0) is 44.9 Å². The number of para-hydroxylation sites is 1. The van der Waals surface area contributed by atoms with Crippen LogP contribution in [0.25, 0.3) is 68.0 Å². The van der Waals surface area contributed by atoms with Crippen LogP contribution >= 0.6 is 81.2 Å². The van der Waals surface area contributed by atoms with Gasteiger partial charge in [-0.15, -0.1) is 0 Å². The summed E-state index contributed by atoms with van der Waals surface area (Å²) in [7, 11) is 0. The van der Waals surface area contributed by atoms with Crippen molar-refractivity contribution in [3.63, 3.8) is 0 Å². The molecule has 4 aliphatic rings. The Balaban J connectivity index is 0.000000149. The number of aromatic nitrogens is 3. The van der Waals surface area contributed by atoms with E-state index in [4.69, 9.17) is 85.6 Å². The smallest absolute Gasteiger partial charge is 0.257 e. The summed E-state index contributed by atoms with van der Waals surface area (Å²) in [6.45, 7) is 23.8. The van der Waals surface area contributed by atoms with E-state index in [1.54, 1.807) is 111 Å². The summed E-state index contributed by atoms with van der Waals surface area (Å²) in [5.41, 5.74) is 9.26. The van der Waals surface area contributed by atoms with Gasteiger partial charge in [0.25, 0.3) is 5.92 Å². The van der Waals surface area contributed by atoms with Gasteiger partial charge < -0.3 is 19.4 Å².